The van der Waals surface area contributed by atoms with Crippen LogP contribution in [0, 0.1) is 0 Å². The molecule has 2 unspecified atom stereocenters. The van der Waals surface area contributed by atoms with E-state index in [1.807, 2.05) is 18.2 Å². The van der Waals surface area contributed by atoms with Gasteiger partial charge in [-0.25, -0.2) is 0 Å². The van der Waals surface area contributed by atoms with E-state index >= 15 is 0 Å². The quantitative estimate of drug-likeness (QED) is 0.0858. The van der Waals surface area contributed by atoms with E-state index in [4.69, 9.17) is 9.47 Å². The maximum atomic E-state index is 11.9. The van der Waals surface area contributed by atoms with Gasteiger partial charge in [-0.1, -0.05) is 48.6 Å². The van der Waals surface area contributed by atoms with Crippen LogP contribution >= 0.6 is 0 Å². The lowest BCUT2D eigenvalue weighted by atomic mass is 9.80. The summed E-state index contributed by atoms with van der Waals surface area (Å²) in [6.07, 6.45) is 2.40. The van der Waals surface area contributed by atoms with Gasteiger partial charge < -0.3 is 45.2 Å². The van der Waals surface area contributed by atoms with E-state index in [1.54, 1.807) is 91.0 Å². The number of hydrogen-bond donors (Lipinski definition) is 7. The minimum Gasteiger partial charge on any atom is -0.508 e. The van der Waals surface area contributed by atoms with Gasteiger partial charge in [0.25, 0.3) is 0 Å². The second kappa shape index (κ2) is 12.3. The lowest BCUT2D eigenvalue weighted by Gasteiger charge is -2.22. The van der Waals surface area contributed by atoms with E-state index in [0.717, 1.165) is 16.7 Å². The number of phenols is 7. The van der Waals surface area contributed by atoms with E-state index in [2.05, 4.69) is 0 Å². The third-order valence-electron chi connectivity index (χ3n) is 9.47. The van der Waals surface area contributed by atoms with Gasteiger partial charge in [-0.2, -0.15) is 0 Å². The fraction of sp³-hybridized carbons (Fsp3) is 0.0952. The summed E-state index contributed by atoms with van der Waals surface area (Å²) in [7, 11) is 0. The van der Waals surface area contributed by atoms with Crippen molar-refractivity contribution >= 4 is 12.2 Å². The molecule has 2 heterocycles. The van der Waals surface area contributed by atoms with Crippen molar-refractivity contribution in [1.82, 2.24) is 0 Å². The molecule has 0 fully saturated rings. The molecule has 9 nitrogen and oxygen atoms in total. The summed E-state index contributed by atoms with van der Waals surface area (Å²) in [5, 5.41) is 73.3. The Labute approximate surface area is 292 Å². The summed E-state index contributed by atoms with van der Waals surface area (Å²) in [5.41, 5.74) is 5.31. The van der Waals surface area contributed by atoms with Gasteiger partial charge >= 0.3 is 0 Å². The van der Waals surface area contributed by atoms with Gasteiger partial charge in [-0.15, -0.1) is 0 Å². The van der Waals surface area contributed by atoms with Crippen LogP contribution in [0.15, 0.2) is 115 Å². The van der Waals surface area contributed by atoms with Gasteiger partial charge in [0.1, 0.15) is 64.0 Å². The minimum absolute atomic E-state index is 0.00158. The van der Waals surface area contributed by atoms with Crippen molar-refractivity contribution < 1.29 is 45.2 Å². The van der Waals surface area contributed by atoms with Gasteiger partial charge in [-0.3, -0.25) is 0 Å². The van der Waals surface area contributed by atoms with E-state index in [-0.39, 0.29) is 40.2 Å². The highest BCUT2D eigenvalue weighted by molar-refractivity contribution is 5.76. The fourth-order valence-electron chi connectivity index (χ4n) is 7.24. The first kappa shape index (κ1) is 31.5. The molecular weight excluding hydrogens is 648 g/mol. The Bertz CT molecular complexity index is 2270. The first-order chi connectivity index (χ1) is 24.6. The Morgan fingerprint density at radius 2 is 0.863 bits per heavy atom. The average molecular weight is 681 g/mol. The highest BCUT2D eigenvalue weighted by Gasteiger charge is 2.43. The van der Waals surface area contributed by atoms with E-state index in [0.29, 0.717) is 39.3 Å². The minimum atomic E-state index is -0.691. The zero-order valence-electron chi connectivity index (χ0n) is 26.9. The summed E-state index contributed by atoms with van der Waals surface area (Å²) in [4.78, 5) is 0. The van der Waals surface area contributed by atoms with E-state index < -0.39 is 24.0 Å². The zero-order chi connectivity index (χ0) is 35.4. The smallest absolute Gasteiger partial charge is 0.135 e. The molecule has 2 aliphatic rings. The Hall–Kier alpha value is -6.74. The molecule has 0 aromatic heterocycles. The standard InChI is InChI=1S/C42H32O9/c43-28-9-2-22(3-10-28)1-4-25-15-33(48)21-36-37(25)38(41(51-36)23-5-11-29(44)12-6-23)27-18-34(49)40-35(19-27)50-42(24-7-13-30(45)14-8-24)39(40)26-16-31(46)20-32(47)17-26/h1-21,38-39,41-49H/b4-1+/t38-,39?,41+,42?/m1/s1. The monoisotopic (exact) mass is 680 g/mol. The highest BCUT2D eigenvalue weighted by Crippen LogP contribution is 2.58. The second-order valence-corrected chi connectivity index (χ2v) is 12.8. The second-order valence-electron chi connectivity index (χ2n) is 12.8. The van der Waals surface area contributed by atoms with Crippen molar-refractivity contribution in [2.24, 2.45) is 0 Å². The summed E-state index contributed by atoms with van der Waals surface area (Å²) in [6, 6.07) is 30.9. The molecule has 51 heavy (non-hydrogen) atoms. The van der Waals surface area contributed by atoms with Crippen molar-refractivity contribution in [3.05, 3.63) is 160 Å². The number of benzene rings is 6. The molecule has 2 aliphatic heterocycles. The van der Waals surface area contributed by atoms with Crippen molar-refractivity contribution in [3.63, 3.8) is 0 Å². The number of hydrogen-bond acceptors (Lipinski definition) is 9. The largest absolute Gasteiger partial charge is 0.508 e. The molecule has 0 saturated carbocycles. The average Bonchev–Trinajstić information content (AvgIpc) is 3.68. The molecule has 8 rings (SSSR count). The van der Waals surface area contributed by atoms with Crippen molar-refractivity contribution in [1.29, 1.82) is 0 Å². The summed E-state index contributed by atoms with van der Waals surface area (Å²) >= 11 is 0. The predicted molar refractivity (Wildman–Crippen MR) is 190 cm³/mol. The van der Waals surface area contributed by atoms with Gasteiger partial charge in [0.15, 0.2) is 0 Å². The normalized spacial score (nSPS) is 19.0. The molecule has 0 amide bonds. The third-order valence-corrected chi connectivity index (χ3v) is 9.47. The van der Waals surface area contributed by atoms with Gasteiger partial charge in [0.05, 0.1) is 11.8 Å². The molecule has 0 radical (unpaired) electrons. The van der Waals surface area contributed by atoms with E-state index in [1.165, 1.54) is 18.2 Å². The van der Waals surface area contributed by atoms with Crippen LogP contribution in [0.1, 0.15) is 68.6 Å². The number of rotatable bonds is 6. The number of fused-ring (bicyclic) bond motifs is 2. The lowest BCUT2D eigenvalue weighted by molar-refractivity contribution is 0.218. The molecule has 0 aliphatic carbocycles. The molecule has 0 spiro atoms. The van der Waals surface area contributed by atoms with Crippen molar-refractivity contribution in [3.8, 4) is 51.7 Å². The molecule has 0 saturated heterocycles. The van der Waals surface area contributed by atoms with Crippen LogP contribution in [0.4, 0.5) is 0 Å². The Morgan fingerprint density at radius 3 is 1.43 bits per heavy atom. The number of phenolic OH excluding ortho intramolecular Hbond substituents is 7. The molecule has 254 valence electrons. The predicted octanol–water partition coefficient (Wildman–Crippen LogP) is 8.33. The Kier molecular flexibility index (Phi) is 7.60. The van der Waals surface area contributed by atoms with E-state index in [9.17, 15) is 35.7 Å². The molecule has 9 heteroatoms. The molecule has 7 N–H and O–H groups in total. The van der Waals surface area contributed by atoms with Crippen LogP contribution in [0.2, 0.25) is 0 Å². The van der Waals surface area contributed by atoms with Crippen molar-refractivity contribution in [2.75, 3.05) is 0 Å². The summed E-state index contributed by atoms with van der Waals surface area (Å²) < 4.78 is 13.2. The van der Waals surface area contributed by atoms with Crippen LogP contribution in [-0.2, 0) is 0 Å². The third kappa shape index (κ3) is 5.84. The molecule has 4 atom stereocenters. The number of aromatic hydroxyl groups is 7. The Balaban J connectivity index is 1.29. The Morgan fingerprint density at radius 1 is 0.392 bits per heavy atom. The number of ether oxygens (including phenoxy) is 2. The zero-order valence-corrected chi connectivity index (χ0v) is 26.9. The summed E-state index contributed by atoms with van der Waals surface area (Å²) in [5.74, 6) is -0.400. The maximum absolute atomic E-state index is 11.9. The van der Waals surface area contributed by atoms with Gasteiger partial charge in [0.2, 0.25) is 0 Å². The first-order valence-corrected chi connectivity index (χ1v) is 16.3. The first-order valence-electron chi connectivity index (χ1n) is 16.3. The topological polar surface area (TPSA) is 160 Å². The molecule has 0 bridgehead atoms. The fourth-order valence-corrected chi connectivity index (χ4v) is 7.24. The lowest BCUT2D eigenvalue weighted by Crippen LogP contribution is -2.12. The molecule has 6 aromatic carbocycles. The van der Waals surface area contributed by atoms with Crippen molar-refractivity contribution in [2.45, 2.75) is 24.0 Å². The summed E-state index contributed by atoms with van der Waals surface area (Å²) in [6.45, 7) is 0. The van der Waals surface area contributed by atoms with Crippen LogP contribution < -0.4 is 9.47 Å². The van der Waals surface area contributed by atoms with Crippen LogP contribution in [0.3, 0.4) is 0 Å². The SMILES string of the molecule is Oc1ccc(/C=C/c2cc(O)cc3c2[C@@H](c2cc(O)c4c(c2)OC(c2ccc(O)cc2)C4c2cc(O)cc(O)c2)[C@H](c2ccc(O)cc2)O3)cc1. The maximum Gasteiger partial charge on any atom is 0.135 e. The highest BCUT2D eigenvalue weighted by atomic mass is 16.5. The van der Waals surface area contributed by atoms with Crippen LogP contribution in [-0.4, -0.2) is 35.7 Å². The molecule has 6 aromatic rings. The molecular formula is C42H32O9. The van der Waals surface area contributed by atoms with Gasteiger partial charge in [-0.05, 0) is 100 Å². The van der Waals surface area contributed by atoms with Crippen LogP contribution in [0.5, 0.6) is 51.7 Å². The van der Waals surface area contributed by atoms with Crippen LogP contribution in [0.25, 0.3) is 12.2 Å². The van der Waals surface area contributed by atoms with Gasteiger partial charge in [0, 0.05) is 23.3 Å².